The molecule has 3 rings (SSSR count). The molecule has 0 amide bonds. The van der Waals surface area contributed by atoms with Gasteiger partial charge in [0.25, 0.3) is 0 Å². The van der Waals surface area contributed by atoms with Gasteiger partial charge in [0.1, 0.15) is 12.9 Å². The normalized spacial score (nSPS) is 10.7. The molecule has 0 saturated heterocycles. The van der Waals surface area contributed by atoms with Crippen LogP contribution in [0.15, 0.2) is 43.1 Å². The van der Waals surface area contributed by atoms with E-state index in [1.807, 2.05) is 0 Å². The Kier molecular flexibility index (Phi) is 4.76. The van der Waals surface area contributed by atoms with E-state index < -0.39 is 0 Å². The molecule has 8 heteroatoms. The highest BCUT2D eigenvalue weighted by atomic mass is 35.5. The van der Waals surface area contributed by atoms with Crippen molar-refractivity contribution in [2.75, 3.05) is 0 Å². The number of aliphatic hydroxyl groups excluding tert-OH is 1. The molecule has 6 nitrogen and oxygen atoms in total. The third-order valence-electron chi connectivity index (χ3n) is 3.02. The van der Waals surface area contributed by atoms with Crippen molar-refractivity contribution in [2.45, 2.75) is 13.2 Å². The fourth-order valence-electron chi connectivity index (χ4n) is 1.89. The summed E-state index contributed by atoms with van der Waals surface area (Å²) in [4.78, 5) is 12.5. The lowest BCUT2D eigenvalue weighted by Crippen LogP contribution is -2.02. The summed E-state index contributed by atoms with van der Waals surface area (Å²) in [5.41, 5.74) is 1.32. The van der Waals surface area contributed by atoms with Crippen LogP contribution < -0.4 is 4.74 Å². The van der Waals surface area contributed by atoms with Crippen LogP contribution in [-0.2, 0) is 13.2 Å². The van der Waals surface area contributed by atoms with Gasteiger partial charge in [-0.2, -0.15) is 0 Å². The molecule has 0 radical (unpaired) electrons. The first kappa shape index (κ1) is 15.7. The fourth-order valence-corrected chi connectivity index (χ4v) is 2.39. The summed E-state index contributed by atoms with van der Waals surface area (Å²) >= 11 is 12.1. The van der Waals surface area contributed by atoms with Crippen LogP contribution in [0.1, 0.15) is 11.3 Å². The van der Waals surface area contributed by atoms with Crippen LogP contribution in [0.3, 0.4) is 0 Å². The van der Waals surface area contributed by atoms with Crippen molar-refractivity contribution >= 4 is 23.2 Å². The lowest BCUT2D eigenvalue weighted by molar-refractivity contribution is 0.277. The van der Waals surface area contributed by atoms with Crippen molar-refractivity contribution in [2.24, 2.45) is 0 Å². The van der Waals surface area contributed by atoms with Gasteiger partial charge in [-0.25, -0.2) is 15.0 Å². The Bertz CT molecular complexity index is 785. The molecule has 0 aliphatic rings. The van der Waals surface area contributed by atoms with Crippen molar-refractivity contribution < 1.29 is 9.84 Å². The Balaban J connectivity index is 1.70. The van der Waals surface area contributed by atoms with Crippen LogP contribution in [0.25, 0.3) is 5.95 Å². The van der Waals surface area contributed by atoms with E-state index in [0.29, 0.717) is 27.4 Å². The highest BCUT2D eigenvalue weighted by molar-refractivity contribution is 6.37. The van der Waals surface area contributed by atoms with Gasteiger partial charge in [-0.3, -0.25) is 4.57 Å². The topological polar surface area (TPSA) is 73.1 Å². The molecule has 3 aromatic rings. The molecule has 1 aromatic carbocycles. The first-order chi connectivity index (χ1) is 11.2. The second-order valence-electron chi connectivity index (χ2n) is 4.66. The highest BCUT2D eigenvalue weighted by Gasteiger charge is 2.08. The van der Waals surface area contributed by atoms with E-state index in [-0.39, 0.29) is 13.2 Å². The Morgan fingerprint density at radius 2 is 1.78 bits per heavy atom. The largest absolute Gasteiger partial charge is 0.486 e. The van der Waals surface area contributed by atoms with Gasteiger partial charge in [-0.1, -0.05) is 29.3 Å². The van der Waals surface area contributed by atoms with E-state index in [9.17, 15) is 0 Å². The van der Waals surface area contributed by atoms with Gasteiger partial charge in [0.15, 0.2) is 5.75 Å². The zero-order valence-electron chi connectivity index (χ0n) is 11.9. The van der Waals surface area contributed by atoms with Gasteiger partial charge in [-0.15, -0.1) is 0 Å². The van der Waals surface area contributed by atoms with Crippen LogP contribution in [0.5, 0.6) is 5.75 Å². The molecule has 118 valence electrons. The van der Waals surface area contributed by atoms with E-state index >= 15 is 0 Å². The van der Waals surface area contributed by atoms with Crippen LogP contribution in [0, 0.1) is 0 Å². The minimum Gasteiger partial charge on any atom is -0.486 e. The smallest absolute Gasteiger partial charge is 0.234 e. The van der Waals surface area contributed by atoms with Crippen molar-refractivity contribution in [1.82, 2.24) is 19.5 Å². The predicted octanol–water partition coefficient (Wildman–Crippen LogP) is 3.04. The molecule has 0 aliphatic heterocycles. The number of hydrogen-bond acceptors (Lipinski definition) is 5. The number of ether oxygens (including phenoxy) is 1. The molecule has 23 heavy (non-hydrogen) atoms. The van der Waals surface area contributed by atoms with E-state index in [2.05, 4.69) is 15.0 Å². The van der Waals surface area contributed by atoms with Crippen molar-refractivity contribution in [3.05, 3.63) is 64.4 Å². The summed E-state index contributed by atoms with van der Waals surface area (Å²) < 4.78 is 7.25. The molecule has 0 atom stereocenters. The number of rotatable bonds is 5. The van der Waals surface area contributed by atoms with Crippen LogP contribution in [0.2, 0.25) is 10.0 Å². The quantitative estimate of drug-likeness (QED) is 0.765. The van der Waals surface area contributed by atoms with Gasteiger partial charge in [0.2, 0.25) is 5.95 Å². The van der Waals surface area contributed by atoms with E-state index in [1.54, 1.807) is 47.7 Å². The first-order valence-electron chi connectivity index (χ1n) is 6.69. The maximum absolute atomic E-state index is 9.01. The standard InChI is InChI=1S/C15H12Cl2N4O2/c16-12-2-1-3-13(17)14(12)23-8-10-4-18-15(19-5-10)21-6-11(7-22)20-9-21/h1-6,9,22H,7-8H2. The van der Waals surface area contributed by atoms with Crippen LogP contribution >= 0.6 is 23.2 Å². The molecule has 0 saturated carbocycles. The van der Waals surface area contributed by atoms with E-state index in [1.165, 1.54) is 0 Å². The van der Waals surface area contributed by atoms with Crippen LogP contribution in [0.4, 0.5) is 0 Å². The average molecular weight is 351 g/mol. The SMILES string of the molecule is OCc1cn(-c2ncc(COc3c(Cl)cccc3Cl)cn2)cn1. The molecule has 0 aliphatic carbocycles. The number of aromatic nitrogens is 4. The summed E-state index contributed by atoms with van der Waals surface area (Å²) in [6, 6.07) is 5.17. The zero-order valence-corrected chi connectivity index (χ0v) is 13.4. The predicted molar refractivity (Wildman–Crippen MR) is 85.9 cm³/mol. The lowest BCUT2D eigenvalue weighted by Gasteiger charge is -2.09. The van der Waals surface area contributed by atoms with Crippen molar-refractivity contribution in [3.63, 3.8) is 0 Å². The number of imidazole rings is 1. The van der Waals surface area contributed by atoms with Gasteiger partial charge in [0, 0.05) is 24.2 Å². The molecule has 2 heterocycles. The maximum Gasteiger partial charge on any atom is 0.234 e. The Morgan fingerprint density at radius 1 is 1.09 bits per heavy atom. The van der Waals surface area contributed by atoms with Gasteiger partial charge >= 0.3 is 0 Å². The highest BCUT2D eigenvalue weighted by Crippen LogP contribution is 2.32. The molecule has 0 unspecified atom stereocenters. The van der Waals surface area contributed by atoms with E-state index in [0.717, 1.165) is 5.56 Å². The minimum atomic E-state index is -0.127. The second-order valence-corrected chi connectivity index (χ2v) is 5.48. The second kappa shape index (κ2) is 6.95. The summed E-state index contributed by atoms with van der Waals surface area (Å²) in [6.07, 6.45) is 6.49. The number of aliphatic hydroxyl groups is 1. The molecular weight excluding hydrogens is 339 g/mol. The molecular formula is C15H12Cl2N4O2. The summed E-state index contributed by atoms with van der Waals surface area (Å²) in [5, 5.41) is 9.91. The van der Waals surface area contributed by atoms with Gasteiger partial charge in [-0.05, 0) is 12.1 Å². The Hall–Kier alpha value is -2.15. The fraction of sp³-hybridized carbons (Fsp3) is 0.133. The summed E-state index contributed by atoms with van der Waals surface area (Å²) in [6.45, 7) is 0.118. The number of nitrogens with zero attached hydrogens (tertiary/aromatic N) is 4. The first-order valence-corrected chi connectivity index (χ1v) is 7.45. The zero-order chi connectivity index (χ0) is 16.2. The van der Waals surface area contributed by atoms with Crippen LogP contribution in [-0.4, -0.2) is 24.6 Å². The number of hydrogen-bond donors (Lipinski definition) is 1. The Morgan fingerprint density at radius 3 is 2.39 bits per heavy atom. The number of benzene rings is 1. The van der Waals surface area contributed by atoms with Gasteiger partial charge < -0.3 is 9.84 Å². The van der Waals surface area contributed by atoms with Crippen molar-refractivity contribution in [3.8, 4) is 11.7 Å². The van der Waals surface area contributed by atoms with E-state index in [4.69, 9.17) is 33.0 Å². The third kappa shape index (κ3) is 3.61. The summed E-state index contributed by atoms with van der Waals surface area (Å²) in [7, 11) is 0. The van der Waals surface area contributed by atoms with Gasteiger partial charge in [0.05, 0.1) is 22.3 Å². The molecule has 0 bridgehead atoms. The maximum atomic E-state index is 9.01. The number of para-hydroxylation sites is 1. The molecule has 0 fully saturated rings. The number of halogens is 2. The lowest BCUT2D eigenvalue weighted by atomic mass is 10.3. The molecule has 1 N–H and O–H groups in total. The Labute approximate surface area is 142 Å². The van der Waals surface area contributed by atoms with Crippen molar-refractivity contribution in [1.29, 1.82) is 0 Å². The molecule has 2 aromatic heterocycles. The molecule has 0 spiro atoms. The monoisotopic (exact) mass is 350 g/mol. The third-order valence-corrected chi connectivity index (χ3v) is 3.62. The minimum absolute atomic E-state index is 0.127. The average Bonchev–Trinajstić information content (AvgIpc) is 3.04. The summed E-state index contributed by atoms with van der Waals surface area (Å²) in [5.74, 6) is 0.888.